The number of nitrogens with one attached hydrogen (secondary N) is 2. The summed E-state index contributed by atoms with van der Waals surface area (Å²) in [5.74, 6) is -0.616. The zero-order valence-electron chi connectivity index (χ0n) is 27.0. The summed E-state index contributed by atoms with van der Waals surface area (Å²) >= 11 is 0. The van der Waals surface area contributed by atoms with Gasteiger partial charge in [0.1, 0.15) is 5.82 Å². The Kier molecular flexibility index (Phi) is 13.2. The largest absolute Gasteiger partial charge is 0.352 e. The van der Waals surface area contributed by atoms with E-state index in [1.54, 1.807) is 13.1 Å². The van der Waals surface area contributed by atoms with Crippen LogP contribution in [0.3, 0.4) is 0 Å². The first kappa shape index (κ1) is 35.6. The van der Waals surface area contributed by atoms with E-state index in [-0.39, 0.29) is 10.9 Å². The highest BCUT2D eigenvalue weighted by atomic mass is 32.2. The van der Waals surface area contributed by atoms with Crippen LogP contribution in [0.15, 0.2) is 58.4 Å². The van der Waals surface area contributed by atoms with E-state index in [9.17, 15) is 13.2 Å². The number of sulfonamides is 1. The van der Waals surface area contributed by atoms with E-state index in [2.05, 4.69) is 19.9 Å². The third-order valence-electron chi connectivity index (χ3n) is 8.24. The molecule has 2 aromatic carbocycles. The van der Waals surface area contributed by atoms with Crippen LogP contribution in [0.5, 0.6) is 0 Å². The summed E-state index contributed by atoms with van der Waals surface area (Å²) in [5, 5.41) is 3.21. The summed E-state index contributed by atoms with van der Waals surface area (Å²) in [7, 11) is -3.86. The number of aromatic nitrogens is 2. The van der Waals surface area contributed by atoms with E-state index >= 15 is 4.39 Å². The van der Waals surface area contributed by atoms with E-state index < -0.39 is 21.5 Å². The van der Waals surface area contributed by atoms with Gasteiger partial charge >= 0.3 is 5.69 Å². The third kappa shape index (κ3) is 9.63. The Labute approximate surface area is 272 Å². The third-order valence-corrected chi connectivity index (χ3v) is 9.76. The molecule has 1 aromatic heterocycles. The number of nitrogens with two attached hydrogens (primary N) is 2. The normalized spacial score (nSPS) is 14.7. The first-order valence-corrected chi connectivity index (χ1v) is 17.7. The molecular weight excluding hydrogens is 605 g/mol. The van der Waals surface area contributed by atoms with Gasteiger partial charge in [-0.3, -0.25) is 9.47 Å². The number of nitrogens with zero attached hydrogens (tertiary/aromatic N) is 3. The van der Waals surface area contributed by atoms with Gasteiger partial charge in [0.2, 0.25) is 10.0 Å². The minimum absolute atomic E-state index is 0.0974. The molecule has 4 rings (SSSR count). The maximum atomic E-state index is 15.6. The molecule has 0 aliphatic carbocycles. The van der Waals surface area contributed by atoms with Crippen LogP contribution in [0.1, 0.15) is 67.8 Å². The zero-order chi connectivity index (χ0) is 33.1. The van der Waals surface area contributed by atoms with Gasteiger partial charge in [-0.05, 0) is 120 Å². The molecule has 0 atom stereocenters. The van der Waals surface area contributed by atoms with Crippen molar-refractivity contribution in [1.82, 2.24) is 24.5 Å². The van der Waals surface area contributed by atoms with Crippen molar-refractivity contribution in [3.05, 3.63) is 87.3 Å². The summed E-state index contributed by atoms with van der Waals surface area (Å²) in [6.45, 7) is 9.03. The molecule has 3 aromatic rings. The Bertz CT molecular complexity index is 1630. The Hall–Kier alpha value is -3.26. The number of allylic oxidation sites excluding steroid dienone is 1. The minimum Gasteiger partial charge on any atom is -0.330 e. The van der Waals surface area contributed by atoms with Gasteiger partial charge in [-0.1, -0.05) is 31.5 Å². The van der Waals surface area contributed by atoms with Crippen LogP contribution in [0.2, 0.25) is 0 Å². The summed E-state index contributed by atoms with van der Waals surface area (Å²) in [6, 6.07) is 11.7. The highest BCUT2D eigenvalue weighted by molar-refractivity contribution is 7.89. The standard InChI is InChI=1S/C34H48FN7O3S/c1-3-6-27(32-12-11-31(22-33(32)35)46(44,45)40-29-13-17-38-18-14-29)21-28-24-42(34(43)39-25(28)2)30-9-7-26(8-10-30)23-41(19-4-15-36)20-5-16-37/h7-12,21-22,24,29,38,40H,3-6,13-20,23,36-37H2,1-2H3/b27-21+. The molecule has 250 valence electrons. The molecule has 0 unspecified atom stereocenters. The smallest absolute Gasteiger partial charge is 0.330 e. The quantitative estimate of drug-likeness (QED) is 0.184. The number of rotatable bonds is 16. The molecule has 1 fully saturated rings. The lowest BCUT2D eigenvalue weighted by Crippen LogP contribution is -2.42. The van der Waals surface area contributed by atoms with Crippen LogP contribution < -0.4 is 27.2 Å². The SMILES string of the molecule is CCC/C(=C\c1cn(-c2ccc(CN(CCCN)CCCN)cc2)c(=O)nc1C)c1ccc(S(=O)(=O)NC2CCNCC2)cc1F. The average Bonchev–Trinajstić information content (AvgIpc) is 3.04. The molecule has 0 spiro atoms. The van der Waals surface area contributed by atoms with Crippen molar-refractivity contribution in [2.75, 3.05) is 39.3 Å². The van der Waals surface area contributed by atoms with Gasteiger partial charge in [0, 0.05) is 29.9 Å². The fourth-order valence-corrected chi connectivity index (χ4v) is 7.00. The van der Waals surface area contributed by atoms with Crippen LogP contribution >= 0.6 is 0 Å². The van der Waals surface area contributed by atoms with Gasteiger partial charge in [-0.15, -0.1) is 0 Å². The van der Waals surface area contributed by atoms with Gasteiger partial charge < -0.3 is 16.8 Å². The van der Waals surface area contributed by atoms with Crippen molar-refractivity contribution in [2.45, 2.75) is 69.9 Å². The van der Waals surface area contributed by atoms with E-state index in [0.717, 1.165) is 63.6 Å². The first-order chi connectivity index (χ1) is 22.1. The minimum atomic E-state index is -3.86. The number of piperidine rings is 1. The highest BCUT2D eigenvalue weighted by Crippen LogP contribution is 2.28. The number of hydrogen-bond donors (Lipinski definition) is 4. The fraction of sp³-hybridized carbons (Fsp3) is 0.471. The van der Waals surface area contributed by atoms with E-state index in [0.29, 0.717) is 60.4 Å². The number of hydrogen-bond acceptors (Lipinski definition) is 8. The van der Waals surface area contributed by atoms with Gasteiger partial charge in [-0.2, -0.15) is 4.98 Å². The van der Waals surface area contributed by atoms with Crippen molar-refractivity contribution in [3.63, 3.8) is 0 Å². The maximum Gasteiger partial charge on any atom is 0.352 e. The molecule has 0 saturated carbocycles. The molecule has 1 aliphatic rings. The predicted octanol–water partition coefficient (Wildman–Crippen LogP) is 3.55. The van der Waals surface area contributed by atoms with Crippen LogP contribution in [0, 0.1) is 12.7 Å². The van der Waals surface area contributed by atoms with E-state index in [4.69, 9.17) is 11.5 Å². The van der Waals surface area contributed by atoms with Crippen molar-refractivity contribution in [2.24, 2.45) is 11.5 Å². The molecule has 0 bridgehead atoms. The fourth-order valence-electron chi connectivity index (χ4n) is 5.69. The number of aryl methyl sites for hydroxylation is 1. The molecule has 0 radical (unpaired) electrons. The van der Waals surface area contributed by atoms with Gasteiger partial charge in [0.05, 0.1) is 16.3 Å². The van der Waals surface area contributed by atoms with Gasteiger partial charge in [-0.25, -0.2) is 22.3 Å². The lowest BCUT2D eigenvalue weighted by atomic mass is 9.98. The van der Waals surface area contributed by atoms with Crippen LogP contribution in [0.25, 0.3) is 17.3 Å². The van der Waals surface area contributed by atoms with E-state index in [1.165, 1.54) is 16.7 Å². The number of benzene rings is 2. The van der Waals surface area contributed by atoms with Crippen LogP contribution in [-0.4, -0.2) is 68.2 Å². The van der Waals surface area contributed by atoms with Crippen LogP contribution in [-0.2, 0) is 16.6 Å². The lowest BCUT2D eigenvalue weighted by Gasteiger charge is -2.23. The van der Waals surface area contributed by atoms with E-state index in [1.807, 2.05) is 37.3 Å². The molecule has 46 heavy (non-hydrogen) atoms. The Morgan fingerprint density at radius 1 is 1.11 bits per heavy atom. The molecule has 0 amide bonds. The molecule has 12 heteroatoms. The maximum absolute atomic E-state index is 15.6. The average molecular weight is 654 g/mol. The van der Waals surface area contributed by atoms with Crippen molar-refractivity contribution in [3.8, 4) is 5.69 Å². The highest BCUT2D eigenvalue weighted by Gasteiger charge is 2.23. The Morgan fingerprint density at radius 2 is 1.78 bits per heavy atom. The van der Waals surface area contributed by atoms with Gasteiger partial charge in [0.15, 0.2) is 0 Å². The first-order valence-electron chi connectivity index (χ1n) is 16.2. The van der Waals surface area contributed by atoms with Crippen molar-refractivity contribution < 1.29 is 12.8 Å². The zero-order valence-corrected chi connectivity index (χ0v) is 27.8. The second-order valence-corrected chi connectivity index (χ2v) is 13.6. The summed E-state index contributed by atoms with van der Waals surface area (Å²) in [6.07, 6.45) is 8.04. The predicted molar refractivity (Wildman–Crippen MR) is 183 cm³/mol. The molecule has 2 heterocycles. The van der Waals surface area contributed by atoms with Gasteiger partial charge in [0.25, 0.3) is 0 Å². The second-order valence-electron chi connectivity index (χ2n) is 11.9. The summed E-state index contributed by atoms with van der Waals surface area (Å²) in [5.41, 5.74) is 15.0. The molecule has 10 nitrogen and oxygen atoms in total. The summed E-state index contributed by atoms with van der Waals surface area (Å²) < 4.78 is 45.8. The lowest BCUT2D eigenvalue weighted by molar-refractivity contribution is 0.262. The second kappa shape index (κ2) is 17.1. The molecule has 6 N–H and O–H groups in total. The molecule has 1 aliphatic heterocycles. The van der Waals surface area contributed by atoms with Crippen LogP contribution in [0.4, 0.5) is 4.39 Å². The van der Waals surface area contributed by atoms with Crippen molar-refractivity contribution >= 4 is 21.7 Å². The Morgan fingerprint density at radius 3 is 2.39 bits per heavy atom. The number of halogens is 1. The monoisotopic (exact) mass is 653 g/mol. The topological polar surface area (TPSA) is 148 Å². The van der Waals surface area contributed by atoms with Crippen molar-refractivity contribution in [1.29, 1.82) is 0 Å². The Balaban J connectivity index is 1.59. The summed E-state index contributed by atoms with van der Waals surface area (Å²) in [4.78, 5) is 19.5. The molecule has 1 saturated heterocycles. The molecular formula is C34H48FN7O3S.